The van der Waals surface area contributed by atoms with E-state index in [1.54, 1.807) is 6.20 Å². The molecular weight excluding hydrogens is 307 g/mol. The van der Waals surface area contributed by atoms with Gasteiger partial charge in [0.1, 0.15) is 5.82 Å². The van der Waals surface area contributed by atoms with Gasteiger partial charge in [-0.25, -0.2) is 4.39 Å². The van der Waals surface area contributed by atoms with Crippen LogP contribution in [0.2, 0.25) is 0 Å². The lowest BCUT2D eigenvalue weighted by molar-refractivity contribution is 0.595. The van der Waals surface area contributed by atoms with Crippen molar-refractivity contribution in [1.82, 2.24) is 10.3 Å². The van der Waals surface area contributed by atoms with E-state index >= 15 is 0 Å². The lowest BCUT2D eigenvalue weighted by Crippen LogP contribution is -2.23. The second-order valence-corrected chi connectivity index (χ2v) is 5.34. The summed E-state index contributed by atoms with van der Waals surface area (Å²) in [6.07, 6.45) is 2.93. The molecule has 1 unspecified atom stereocenters. The van der Waals surface area contributed by atoms with E-state index < -0.39 is 0 Å². The number of hydrogen-bond donors (Lipinski definition) is 1. The number of nitrogens with zero attached hydrogens (tertiary/aromatic N) is 1. The molecule has 0 radical (unpaired) electrons. The van der Waals surface area contributed by atoms with Gasteiger partial charge in [-0.2, -0.15) is 0 Å². The lowest BCUT2D eigenvalue weighted by Gasteiger charge is -2.20. The zero-order valence-electron chi connectivity index (χ0n) is 11.0. The van der Waals surface area contributed by atoms with Gasteiger partial charge >= 0.3 is 0 Å². The van der Waals surface area contributed by atoms with Gasteiger partial charge in [0.25, 0.3) is 0 Å². The molecular formula is C15H16BrFN2. The first-order valence-electron chi connectivity index (χ1n) is 6.21. The number of pyridine rings is 1. The molecule has 1 aromatic carbocycles. The van der Waals surface area contributed by atoms with E-state index in [0.29, 0.717) is 0 Å². The molecule has 0 spiro atoms. The number of rotatable bonds is 4. The Morgan fingerprint density at radius 2 is 2.11 bits per heavy atom. The molecule has 2 rings (SSSR count). The third-order valence-corrected chi connectivity index (χ3v) is 3.50. The van der Waals surface area contributed by atoms with E-state index in [4.69, 9.17) is 0 Å². The topological polar surface area (TPSA) is 24.9 Å². The van der Waals surface area contributed by atoms with Gasteiger partial charge in [0, 0.05) is 10.7 Å². The van der Waals surface area contributed by atoms with Crippen LogP contribution in [0.25, 0.3) is 0 Å². The van der Waals surface area contributed by atoms with Crippen LogP contribution < -0.4 is 5.32 Å². The third-order valence-electron chi connectivity index (χ3n) is 3.01. The first kappa shape index (κ1) is 14.2. The van der Waals surface area contributed by atoms with Crippen LogP contribution >= 0.6 is 15.9 Å². The first-order chi connectivity index (χ1) is 9.11. The average molecular weight is 323 g/mol. The fourth-order valence-corrected chi connectivity index (χ4v) is 2.64. The Labute approximate surface area is 121 Å². The van der Waals surface area contributed by atoms with E-state index in [1.807, 2.05) is 13.0 Å². The highest BCUT2D eigenvalue weighted by Crippen LogP contribution is 2.27. The summed E-state index contributed by atoms with van der Waals surface area (Å²) in [5.41, 5.74) is 3.13. The second kappa shape index (κ2) is 6.26. The highest BCUT2D eigenvalue weighted by Gasteiger charge is 2.16. The van der Waals surface area contributed by atoms with Gasteiger partial charge in [-0.1, -0.05) is 28.9 Å². The lowest BCUT2D eigenvalue weighted by atomic mass is 9.96. The summed E-state index contributed by atoms with van der Waals surface area (Å²) in [6.45, 7) is 4.89. The molecule has 2 nitrogen and oxygen atoms in total. The first-order valence-corrected chi connectivity index (χ1v) is 7.01. The molecule has 4 heteroatoms. The normalized spacial score (nSPS) is 12.4. The van der Waals surface area contributed by atoms with Crippen molar-refractivity contribution in [2.24, 2.45) is 0 Å². The van der Waals surface area contributed by atoms with Gasteiger partial charge in [0.2, 0.25) is 0 Å². The van der Waals surface area contributed by atoms with Crippen LogP contribution in [0.3, 0.4) is 0 Å². The van der Waals surface area contributed by atoms with Crippen LogP contribution in [0.5, 0.6) is 0 Å². The molecule has 1 heterocycles. The summed E-state index contributed by atoms with van der Waals surface area (Å²) in [7, 11) is 0. The molecule has 1 aromatic heterocycles. The van der Waals surface area contributed by atoms with Crippen molar-refractivity contribution >= 4 is 15.9 Å². The van der Waals surface area contributed by atoms with Crippen molar-refractivity contribution < 1.29 is 4.39 Å². The van der Waals surface area contributed by atoms with E-state index in [0.717, 1.165) is 27.7 Å². The predicted molar refractivity (Wildman–Crippen MR) is 78.6 cm³/mol. The number of benzene rings is 1. The standard InChI is InChI=1S/C15H16BrFN2/c1-3-19-15(11-7-13(17)9-18-8-11)14-5-4-12(16)6-10(14)2/h4-9,15,19H,3H2,1-2H3. The molecule has 2 aromatic rings. The number of hydrogen-bond acceptors (Lipinski definition) is 2. The van der Waals surface area contributed by atoms with E-state index in [1.165, 1.54) is 12.3 Å². The second-order valence-electron chi connectivity index (χ2n) is 4.43. The van der Waals surface area contributed by atoms with Crippen LogP contribution in [0.15, 0.2) is 41.1 Å². The quantitative estimate of drug-likeness (QED) is 0.920. The molecule has 0 fully saturated rings. The smallest absolute Gasteiger partial charge is 0.141 e. The molecule has 0 aliphatic rings. The molecule has 0 amide bonds. The zero-order valence-corrected chi connectivity index (χ0v) is 12.5. The summed E-state index contributed by atoms with van der Waals surface area (Å²) < 4.78 is 14.4. The molecule has 0 saturated heterocycles. The van der Waals surface area contributed by atoms with Crippen LogP contribution in [0.4, 0.5) is 4.39 Å². The fraction of sp³-hybridized carbons (Fsp3) is 0.267. The summed E-state index contributed by atoms with van der Waals surface area (Å²) in [5.74, 6) is -0.310. The fourth-order valence-electron chi connectivity index (χ4n) is 2.16. The summed E-state index contributed by atoms with van der Waals surface area (Å²) >= 11 is 3.46. The Morgan fingerprint density at radius 3 is 2.74 bits per heavy atom. The minimum Gasteiger partial charge on any atom is -0.306 e. The average Bonchev–Trinajstić information content (AvgIpc) is 2.37. The van der Waals surface area contributed by atoms with Crippen LogP contribution in [-0.4, -0.2) is 11.5 Å². The van der Waals surface area contributed by atoms with E-state index in [2.05, 4.69) is 45.3 Å². The van der Waals surface area contributed by atoms with Gasteiger partial charge in [-0.3, -0.25) is 4.98 Å². The molecule has 19 heavy (non-hydrogen) atoms. The van der Waals surface area contributed by atoms with Crippen LogP contribution in [0.1, 0.15) is 29.7 Å². The van der Waals surface area contributed by atoms with E-state index in [-0.39, 0.29) is 11.9 Å². The minimum absolute atomic E-state index is 0.0405. The van der Waals surface area contributed by atoms with Gasteiger partial charge in [-0.05, 0) is 48.4 Å². The number of nitrogens with one attached hydrogen (secondary N) is 1. The molecule has 1 N–H and O–H groups in total. The minimum atomic E-state index is -0.310. The summed E-state index contributed by atoms with van der Waals surface area (Å²) in [5, 5.41) is 3.38. The van der Waals surface area contributed by atoms with Crippen molar-refractivity contribution in [3.63, 3.8) is 0 Å². The molecule has 0 aliphatic carbocycles. The van der Waals surface area contributed by atoms with Gasteiger partial charge < -0.3 is 5.32 Å². The largest absolute Gasteiger partial charge is 0.306 e. The summed E-state index contributed by atoms with van der Waals surface area (Å²) in [4.78, 5) is 3.94. The maximum atomic E-state index is 13.4. The van der Waals surface area contributed by atoms with E-state index in [9.17, 15) is 4.39 Å². The third kappa shape index (κ3) is 3.39. The monoisotopic (exact) mass is 322 g/mol. The highest BCUT2D eigenvalue weighted by atomic mass is 79.9. The summed E-state index contributed by atoms with van der Waals surface area (Å²) in [6, 6.07) is 7.60. The SMILES string of the molecule is CCNC(c1cncc(F)c1)c1ccc(Br)cc1C. The molecule has 1 atom stereocenters. The van der Waals surface area contributed by atoms with Crippen molar-refractivity contribution in [3.8, 4) is 0 Å². The number of aryl methyl sites for hydroxylation is 1. The van der Waals surface area contributed by atoms with Crippen LogP contribution in [0, 0.1) is 12.7 Å². The van der Waals surface area contributed by atoms with Gasteiger partial charge in [0.05, 0.1) is 12.2 Å². The molecule has 0 aliphatic heterocycles. The van der Waals surface area contributed by atoms with Crippen molar-refractivity contribution in [3.05, 3.63) is 63.6 Å². The van der Waals surface area contributed by atoms with Gasteiger partial charge in [-0.15, -0.1) is 0 Å². The maximum Gasteiger partial charge on any atom is 0.141 e. The zero-order chi connectivity index (χ0) is 13.8. The Morgan fingerprint density at radius 1 is 1.32 bits per heavy atom. The number of halogens is 2. The Hall–Kier alpha value is -1.26. The van der Waals surface area contributed by atoms with Crippen LogP contribution in [-0.2, 0) is 0 Å². The Kier molecular flexibility index (Phi) is 4.66. The van der Waals surface area contributed by atoms with Crippen molar-refractivity contribution in [2.75, 3.05) is 6.54 Å². The maximum absolute atomic E-state index is 13.4. The highest BCUT2D eigenvalue weighted by molar-refractivity contribution is 9.10. The Balaban J connectivity index is 2.45. The molecule has 0 bridgehead atoms. The predicted octanol–water partition coefficient (Wildman–Crippen LogP) is 3.99. The number of aromatic nitrogens is 1. The van der Waals surface area contributed by atoms with Crippen molar-refractivity contribution in [2.45, 2.75) is 19.9 Å². The van der Waals surface area contributed by atoms with Gasteiger partial charge in [0.15, 0.2) is 0 Å². The molecule has 0 saturated carbocycles. The van der Waals surface area contributed by atoms with Crippen molar-refractivity contribution in [1.29, 1.82) is 0 Å². The molecule has 100 valence electrons. The Bertz CT molecular complexity index is 572.